The van der Waals surface area contributed by atoms with Gasteiger partial charge in [-0.1, -0.05) is 0 Å². The zero-order chi connectivity index (χ0) is 14.8. The van der Waals surface area contributed by atoms with Crippen molar-refractivity contribution in [2.75, 3.05) is 13.2 Å². The van der Waals surface area contributed by atoms with E-state index in [0.29, 0.717) is 0 Å². The second-order valence-electron chi connectivity index (χ2n) is 4.23. The zero-order valence-corrected chi connectivity index (χ0v) is 10.3. The molecule has 3 aliphatic heterocycles. The third-order valence-electron chi connectivity index (χ3n) is 2.74. The van der Waals surface area contributed by atoms with Gasteiger partial charge in [0.2, 0.25) is 0 Å². The van der Waals surface area contributed by atoms with E-state index in [1.54, 1.807) is 0 Å². The average molecular weight is 328 g/mol. The van der Waals surface area contributed by atoms with E-state index >= 15 is 0 Å². The summed E-state index contributed by atoms with van der Waals surface area (Å²) >= 11 is 0. The van der Waals surface area contributed by atoms with E-state index in [0.717, 1.165) is 0 Å². The Morgan fingerprint density at radius 3 is 1.95 bits per heavy atom. The number of fused-ring (bicyclic) bond motifs is 1. The molecule has 1 unspecified atom stereocenters. The Morgan fingerprint density at radius 2 is 1.45 bits per heavy atom. The minimum absolute atomic E-state index is 0.182. The average Bonchev–Trinajstić information content (AvgIpc) is 2.75. The molecule has 5 nitrogen and oxygen atoms in total. The summed E-state index contributed by atoms with van der Waals surface area (Å²) in [5.41, 5.74) is 0. The molecule has 0 saturated carbocycles. The van der Waals surface area contributed by atoms with E-state index in [1.807, 2.05) is 0 Å². The first-order valence-electron chi connectivity index (χ1n) is 5.33. The van der Waals surface area contributed by atoms with Crippen LogP contribution in [0.4, 0.5) is 26.3 Å². The fourth-order valence-electron chi connectivity index (χ4n) is 1.96. The van der Waals surface area contributed by atoms with Crippen molar-refractivity contribution in [2.24, 2.45) is 0 Å². The zero-order valence-electron chi connectivity index (χ0n) is 9.45. The molecule has 0 amide bonds. The van der Waals surface area contributed by atoms with Crippen LogP contribution in [0.3, 0.4) is 0 Å². The van der Waals surface area contributed by atoms with Gasteiger partial charge in [0, 0.05) is 0 Å². The van der Waals surface area contributed by atoms with Crippen LogP contribution in [-0.4, -0.2) is 31.7 Å². The predicted octanol–water partition coefficient (Wildman–Crippen LogP) is 3.33. The van der Waals surface area contributed by atoms with Gasteiger partial charge >= 0.3 is 106 Å². The Labute approximate surface area is 107 Å². The van der Waals surface area contributed by atoms with Crippen LogP contribution in [0, 0.1) is 0 Å². The molecule has 0 N–H and O–H groups in total. The normalized spacial score (nSPS) is 33.5. The third-order valence-corrected chi connectivity index (χ3v) is 5.52. The number of allylic oxidation sites excluding steroid dienone is 2. The molecule has 2 fully saturated rings. The molecule has 2 bridgehead atoms. The Morgan fingerprint density at radius 1 is 0.900 bits per heavy atom. The fourth-order valence-corrected chi connectivity index (χ4v) is 4.92. The molecule has 3 heterocycles. The summed E-state index contributed by atoms with van der Waals surface area (Å²) in [6.07, 6.45) is -11.3. The fraction of sp³-hybridized carbons (Fsp3) is 0.750. The molecule has 12 heteroatoms. The third kappa shape index (κ3) is 1.95. The first-order chi connectivity index (χ1) is 9.03. The van der Waals surface area contributed by atoms with Crippen molar-refractivity contribution in [3.8, 4) is 0 Å². The second-order valence-corrected chi connectivity index (χ2v) is 6.81. The van der Waals surface area contributed by atoms with Crippen LogP contribution >= 0.6 is 7.74 Å². The van der Waals surface area contributed by atoms with Gasteiger partial charge in [-0.3, -0.25) is 0 Å². The van der Waals surface area contributed by atoms with Gasteiger partial charge in [-0.15, -0.1) is 0 Å². The molecule has 1 atom stereocenters. The van der Waals surface area contributed by atoms with Crippen LogP contribution < -0.4 is 0 Å². The molecule has 0 aromatic heterocycles. The minimum atomic E-state index is -5.42. The first-order valence-corrected chi connectivity index (χ1v) is 7.16. The number of halogens is 6. The maximum atomic E-state index is 12.7. The Bertz CT molecular complexity index is 453. The summed E-state index contributed by atoms with van der Waals surface area (Å²) in [4.78, 5) is 0. The number of hydrogen-bond donors (Lipinski definition) is 0. The molecule has 0 aromatic carbocycles. The van der Waals surface area contributed by atoms with Gasteiger partial charge in [-0.25, -0.2) is 0 Å². The van der Waals surface area contributed by atoms with Gasteiger partial charge in [-0.05, 0) is 0 Å². The molecule has 0 aliphatic carbocycles. The summed E-state index contributed by atoms with van der Waals surface area (Å²) in [5, 5.41) is 0. The monoisotopic (exact) mass is 328 g/mol. The number of rotatable bonds is 0. The first kappa shape index (κ1) is 14.2. The Kier molecular flexibility index (Phi) is 2.63. The van der Waals surface area contributed by atoms with Crippen LogP contribution in [0.5, 0.6) is 0 Å². The Hall–Kier alpha value is -0.770. The number of hydrogen-bond acceptors (Lipinski definition) is 5. The van der Waals surface area contributed by atoms with Crippen molar-refractivity contribution >= 4 is 7.74 Å². The molecule has 20 heavy (non-hydrogen) atoms. The number of alkyl halides is 6. The van der Waals surface area contributed by atoms with E-state index in [-0.39, 0.29) is 19.6 Å². The summed E-state index contributed by atoms with van der Waals surface area (Å²) in [5.74, 6) is -4.68. The van der Waals surface area contributed by atoms with Gasteiger partial charge in [0.25, 0.3) is 0 Å². The van der Waals surface area contributed by atoms with Gasteiger partial charge in [0.15, 0.2) is 0 Å². The van der Waals surface area contributed by atoms with Crippen molar-refractivity contribution in [1.29, 1.82) is 0 Å². The molecular weight excluding hydrogens is 321 g/mol. The summed E-state index contributed by atoms with van der Waals surface area (Å²) in [6, 6.07) is 0. The van der Waals surface area contributed by atoms with Crippen LogP contribution in [-0.2, 0) is 22.6 Å². The summed E-state index contributed by atoms with van der Waals surface area (Å²) < 4.78 is 99.5. The topological polar surface area (TPSA) is 46.2 Å². The van der Waals surface area contributed by atoms with Gasteiger partial charge < -0.3 is 0 Å². The standard InChI is InChI=1S/C8H7F6O5P/c9-7(10,11)5-6(8(12,13)14)19-20(18-5)15-2-1-4(17-20)3-16-20/h4H,1-3H2. The molecule has 116 valence electrons. The van der Waals surface area contributed by atoms with Crippen molar-refractivity contribution in [1.82, 2.24) is 0 Å². The predicted molar refractivity (Wildman–Crippen MR) is 49.6 cm³/mol. The van der Waals surface area contributed by atoms with E-state index in [1.165, 1.54) is 0 Å². The molecular formula is C8H7F6O5P. The van der Waals surface area contributed by atoms with Crippen molar-refractivity contribution in [3.63, 3.8) is 0 Å². The van der Waals surface area contributed by atoms with E-state index in [4.69, 9.17) is 13.6 Å². The molecule has 3 aliphatic rings. The van der Waals surface area contributed by atoms with E-state index in [9.17, 15) is 26.3 Å². The van der Waals surface area contributed by atoms with Crippen molar-refractivity contribution in [2.45, 2.75) is 24.9 Å². The SMILES string of the molecule is FC(F)(F)C1=C(C(F)(F)F)OP23(OCCC(CO2)O3)O1. The van der Waals surface area contributed by atoms with Crippen LogP contribution in [0.2, 0.25) is 0 Å². The second kappa shape index (κ2) is 3.70. The molecule has 0 aromatic rings. The summed E-state index contributed by atoms with van der Waals surface area (Å²) in [6.45, 7) is -0.438. The maximum absolute atomic E-state index is 12.7. The molecule has 3 rings (SSSR count). The summed E-state index contributed by atoms with van der Waals surface area (Å²) in [7, 11) is -5.31. The van der Waals surface area contributed by atoms with Gasteiger partial charge in [0.1, 0.15) is 0 Å². The van der Waals surface area contributed by atoms with E-state index < -0.39 is 37.7 Å². The Balaban J connectivity index is 2.04. The molecule has 2 saturated heterocycles. The van der Waals surface area contributed by atoms with Crippen LogP contribution in [0.15, 0.2) is 11.5 Å². The molecule has 1 spiro atoms. The van der Waals surface area contributed by atoms with Gasteiger partial charge in [-0.2, -0.15) is 0 Å². The van der Waals surface area contributed by atoms with Crippen molar-refractivity contribution in [3.05, 3.63) is 11.5 Å². The van der Waals surface area contributed by atoms with Crippen LogP contribution in [0.25, 0.3) is 0 Å². The van der Waals surface area contributed by atoms with Crippen LogP contribution in [0.1, 0.15) is 6.42 Å². The van der Waals surface area contributed by atoms with E-state index in [2.05, 4.69) is 9.05 Å². The quantitative estimate of drug-likeness (QED) is 0.504. The molecule has 0 radical (unpaired) electrons. The van der Waals surface area contributed by atoms with Gasteiger partial charge in [0.05, 0.1) is 0 Å². The van der Waals surface area contributed by atoms with Crippen molar-refractivity contribution < 1.29 is 49.0 Å².